The number of hydrogen-bond acceptors (Lipinski definition) is 10. The number of ether oxygens (including phenoxy) is 4. The first-order valence-corrected chi connectivity index (χ1v) is 18.7. The molecule has 0 saturated heterocycles. The van der Waals surface area contributed by atoms with Crippen molar-refractivity contribution in [3.05, 3.63) is 108 Å². The molecule has 0 aliphatic carbocycles. The maximum absolute atomic E-state index is 11.6. The highest BCUT2D eigenvalue weighted by Gasteiger charge is 2.27. The van der Waals surface area contributed by atoms with Crippen molar-refractivity contribution >= 4 is 35.8 Å². The van der Waals surface area contributed by atoms with Crippen LogP contribution in [0.4, 0.5) is 0 Å². The van der Waals surface area contributed by atoms with E-state index in [9.17, 15) is 28.8 Å². The molecule has 0 aliphatic heterocycles. The van der Waals surface area contributed by atoms with Crippen LogP contribution in [-0.2, 0) is 60.9 Å². The fraction of sp³-hybridized carbons (Fsp3) is 0.478. The lowest BCUT2D eigenvalue weighted by molar-refractivity contribution is -0.155. The van der Waals surface area contributed by atoms with Crippen molar-refractivity contribution in [1.29, 1.82) is 0 Å². The van der Waals surface area contributed by atoms with E-state index in [0.717, 1.165) is 24.0 Å². The molecule has 0 bridgehead atoms. The minimum absolute atomic E-state index is 0.131. The molecule has 2 aromatic rings. The smallest absolute Gasteiger partial charge is 0.333 e. The number of carbonyl (C=O) groups excluding carboxylic acids is 4. The highest BCUT2D eigenvalue weighted by atomic mass is 16.5. The number of carboxylic acids is 2. The second-order valence-corrected chi connectivity index (χ2v) is 14.8. The van der Waals surface area contributed by atoms with Crippen LogP contribution in [0.15, 0.2) is 97.1 Å². The summed E-state index contributed by atoms with van der Waals surface area (Å²) in [7, 11) is 2.75. The molecule has 0 fully saturated rings. The van der Waals surface area contributed by atoms with Crippen molar-refractivity contribution < 1.29 is 57.9 Å². The van der Waals surface area contributed by atoms with E-state index in [-0.39, 0.29) is 40.3 Å². The Balaban J connectivity index is -0.000000312. The Kier molecular flexibility index (Phi) is 32.2. The lowest BCUT2D eigenvalue weighted by Crippen LogP contribution is -2.25. The van der Waals surface area contributed by atoms with Gasteiger partial charge in [-0.2, -0.15) is 0 Å². The van der Waals surface area contributed by atoms with E-state index in [1.165, 1.54) is 21.1 Å². The fourth-order valence-electron chi connectivity index (χ4n) is 2.66. The molecular formula is C46H70O12. The van der Waals surface area contributed by atoms with Crippen molar-refractivity contribution in [1.82, 2.24) is 0 Å². The maximum Gasteiger partial charge on any atom is 0.333 e. The van der Waals surface area contributed by atoms with Crippen LogP contribution in [-0.4, -0.2) is 60.2 Å². The summed E-state index contributed by atoms with van der Waals surface area (Å²) in [6.45, 7) is 32.2. The van der Waals surface area contributed by atoms with Gasteiger partial charge in [0.05, 0.1) is 30.5 Å². The van der Waals surface area contributed by atoms with Gasteiger partial charge in [0.15, 0.2) is 0 Å². The highest BCUT2D eigenvalue weighted by Crippen LogP contribution is 2.22. The number of benzene rings is 2. The highest BCUT2D eigenvalue weighted by molar-refractivity contribution is 5.87. The van der Waals surface area contributed by atoms with E-state index in [1.807, 2.05) is 109 Å². The molecule has 0 saturated carbocycles. The molecule has 2 aromatic carbocycles. The molecule has 0 unspecified atom stereocenters. The monoisotopic (exact) mass is 814 g/mol. The van der Waals surface area contributed by atoms with E-state index >= 15 is 0 Å². The van der Waals surface area contributed by atoms with Crippen LogP contribution in [0.25, 0.3) is 0 Å². The Morgan fingerprint density at radius 1 is 0.517 bits per heavy atom. The maximum atomic E-state index is 11.6. The lowest BCUT2D eigenvalue weighted by atomic mass is 9.91. The number of esters is 4. The number of carbonyl (C=O) groups is 6. The summed E-state index contributed by atoms with van der Waals surface area (Å²) in [6, 6.07) is 19.3. The number of hydrogen-bond donors (Lipinski definition) is 2. The molecule has 58 heavy (non-hydrogen) atoms. The molecule has 0 aromatic heterocycles. The molecule has 2 N–H and O–H groups in total. The second-order valence-electron chi connectivity index (χ2n) is 14.8. The fourth-order valence-corrected chi connectivity index (χ4v) is 2.66. The van der Waals surface area contributed by atoms with E-state index < -0.39 is 17.4 Å². The van der Waals surface area contributed by atoms with Gasteiger partial charge in [-0.3, -0.25) is 14.4 Å². The first-order chi connectivity index (χ1) is 26.6. The third-order valence-electron chi connectivity index (χ3n) is 8.19. The van der Waals surface area contributed by atoms with Gasteiger partial charge >= 0.3 is 35.8 Å². The van der Waals surface area contributed by atoms with Crippen molar-refractivity contribution in [3.63, 3.8) is 0 Å². The van der Waals surface area contributed by atoms with Crippen LogP contribution in [0.5, 0.6) is 0 Å². The zero-order valence-electron chi connectivity index (χ0n) is 37.4. The van der Waals surface area contributed by atoms with Gasteiger partial charge in [0.1, 0.15) is 13.2 Å². The number of aliphatic carboxylic acids is 2. The van der Waals surface area contributed by atoms with Crippen molar-refractivity contribution in [2.24, 2.45) is 16.2 Å². The van der Waals surface area contributed by atoms with Crippen LogP contribution in [0, 0.1) is 16.2 Å². The second kappa shape index (κ2) is 31.6. The van der Waals surface area contributed by atoms with Crippen LogP contribution in [0.3, 0.4) is 0 Å². The predicted octanol–water partition coefficient (Wildman–Crippen LogP) is 9.96. The van der Waals surface area contributed by atoms with Crippen LogP contribution in [0.1, 0.15) is 113 Å². The largest absolute Gasteiger partial charge is 0.481 e. The van der Waals surface area contributed by atoms with Gasteiger partial charge in [-0.1, -0.05) is 101 Å². The Morgan fingerprint density at radius 3 is 1.05 bits per heavy atom. The van der Waals surface area contributed by atoms with Crippen LogP contribution < -0.4 is 0 Å². The van der Waals surface area contributed by atoms with Crippen molar-refractivity contribution in [2.45, 2.75) is 116 Å². The number of methoxy groups -OCH3 is 2. The van der Waals surface area contributed by atoms with Crippen LogP contribution in [0.2, 0.25) is 0 Å². The third-order valence-corrected chi connectivity index (χ3v) is 8.19. The molecule has 0 heterocycles. The van der Waals surface area contributed by atoms with Gasteiger partial charge in [0.2, 0.25) is 0 Å². The summed E-state index contributed by atoms with van der Waals surface area (Å²) in [4.78, 5) is 63.5. The number of rotatable bonds is 13. The van der Waals surface area contributed by atoms with Gasteiger partial charge in [-0.05, 0) is 92.7 Å². The normalized spacial score (nSPS) is 9.97. The molecule has 2 rings (SSSR count). The van der Waals surface area contributed by atoms with E-state index in [4.69, 9.17) is 19.7 Å². The predicted molar refractivity (Wildman–Crippen MR) is 228 cm³/mol. The first kappa shape index (κ1) is 59.2. The molecule has 0 amide bonds. The van der Waals surface area contributed by atoms with Crippen LogP contribution >= 0.6 is 0 Å². The molecule has 0 atom stereocenters. The average molecular weight is 815 g/mol. The molecule has 0 aliphatic rings. The standard InChI is InChI=1S/C13H18O2.C11H12O2.C7H14O2.C6H12O2.C5H8O2.C4H6O2/c1-4-13(2,3)12(14)15-10-11-8-6-5-7-9-11;1-9(2)11(12)13-8-10-6-4-3-5-7-10;1-5-7(2,3)6(8)9-4;1-4-6(2,3)5(7)8;1-4(2)5(6)7-3;1-3(2)4(5)6/h5-9H,4,10H2,1-3H3;3-7H,1,8H2,2H3;5H2,1-4H3;4H2,1-3H3,(H,7,8);1H2,2-3H3;1H2,2H3,(H,5,6). The topological polar surface area (TPSA) is 180 Å². The summed E-state index contributed by atoms with van der Waals surface area (Å²) in [5.74, 6) is -2.61. The Hall–Kier alpha value is -5.52. The lowest BCUT2D eigenvalue weighted by Gasteiger charge is -2.20. The van der Waals surface area contributed by atoms with Gasteiger partial charge < -0.3 is 29.2 Å². The SMILES string of the molecule is C=C(C)C(=O)O.C=C(C)C(=O)OC.C=C(C)C(=O)OCc1ccccc1.CCC(C)(C)C(=O)O.CCC(C)(C)C(=O)OC.CCC(C)(C)C(=O)OCc1ccccc1. The molecule has 12 heteroatoms. The van der Waals surface area contributed by atoms with Crippen molar-refractivity contribution in [3.8, 4) is 0 Å². The minimum atomic E-state index is -0.935. The number of carboxylic acid groups (broad SMARTS) is 2. The van der Waals surface area contributed by atoms with E-state index in [1.54, 1.807) is 27.7 Å². The summed E-state index contributed by atoms with van der Waals surface area (Å²) in [5, 5.41) is 16.3. The minimum Gasteiger partial charge on any atom is -0.481 e. The Bertz CT molecular complexity index is 1560. The molecule has 0 spiro atoms. The van der Waals surface area contributed by atoms with E-state index in [2.05, 4.69) is 29.2 Å². The Morgan fingerprint density at radius 2 is 0.845 bits per heavy atom. The summed E-state index contributed by atoms with van der Waals surface area (Å²) in [6.07, 6.45) is 2.29. The van der Waals surface area contributed by atoms with Crippen molar-refractivity contribution in [2.75, 3.05) is 14.2 Å². The zero-order valence-corrected chi connectivity index (χ0v) is 37.4. The molecule has 0 radical (unpaired) electrons. The quantitative estimate of drug-likeness (QED) is 0.111. The van der Waals surface area contributed by atoms with Gasteiger partial charge in [0, 0.05) is 16.7 Å². The molecule has 326 valence electrons. The zero-order chi connectivity index (χ0) is 46.3. The first-order valence-electron chi connectivity index (χ1n) is 18.7. The van der Waals surface area contributed by atoms with Gasteiger partial charge in [0.25, 0.3) is 0 Å². The summed E-state index contributed by atoms with van der Waals surface area (Å²) < 4.78 is 19.0. The van der Waals surface area contributed by atoms with Gasteiger partial charge in [-0.25, -0.2) is 14.4 Å². The Labute approximate surface area is 347 Å². The summed E-state index contributed by atoms with van der Waals surface area (Å²) in [5.41, 5.74) is 1.81. The summed E-state index contributed by atoms with van der Waals surface area (Å²) >= 11 is 0. The van der Waals surface area contributed by atoms with Gasteiger partial charge in [-0.15, -0.1) is 0 Å². The average Bonchev–Trinajstić information content (AvgIpc) is 3.19. The van der Waals surface area contributed by atoms with E-state index in [0.29, 0.717) is 30.8 Å². The molecular weight excluding hydrogens is 744 g/mol. The third kappa shape index (κ3) is 30.7. The molecule has 12 nitrogen and oxygen atoms in total.